The van der Waals surface area contributed by atoms with Crippen molar-refractivity contribution in [1.82, 2.24) is 39.7 Å². The summed E-state index contributed by atoms with van der Waals surface area (Å²) in [6, 6.07) is 9.85. The molecule has 314 valence electrons. The van der Waals surface area contributed by atoms with Crippen molar-refractivity contribution in [2.75, 3.05) is 33.9 Å². The van der Waals surface area contributed by atoms with E-state index in [4.69, 9.17) is 18.9 Å². The molecule has 3 unspecified atom stereocenters. The van der Waals surface area contributed by atoms with Crippen LogP contribution in [0.2, 0.25) is 0 Å². The molecule has 60 heavy (non-hydrogen) atoms. The molecule has 6 heterocycles. The maximum atomic E-state index is 13.2. The molecule has 2 saturated heterocycles. The maximum Gasteiger partial charge on any atom is 0.259 e. The van der Waals surface area contributed by atoms with Gasteiger partial charge in [-0.2, -0.15) is 0 Å². The van der Waals surface area contributed by atoms with Crippen molar-refractivity contribution in [3.8, 4) is 28.4 Å². The lowest BCUT2D eigenvalue weighted by Gasteiger charge is -2.33. The highest BCUT2D eigenvalue weighted by molar-refractivity contribution is 6.06. The molecule has 17 nitrogen and oxygen atoms in total. The summed E-state index contributed by atoms with van der Waals surface area (Å²) in [6.45, 7) is 3.64. The Bertz CT molecular complexity index is 2460. The number of amides is 3. The fourth-order valence-corrected chi connectivity index (χ4v) is 8.33. The minimum atomic E-state index is -1.27. The van der Waals surface area contributed by atoms with Crippen LogP contribution in [0.15, 0.2) is 66.0 Å². The number of hydrogen-bond donors (Lipinski definition) is 2. The first kappa shape index (κ1) is 40.6. The third kappa shape index (κ3) is 8.32. The van der Waals surface area contributed by atoms with Crippen LogP contribution in [0, 0.1) is 0 Å². The van der Waals surface area contributed by atoms with E-state index in [9.17, 15) is 24.3 Å². The van der Waals surface area contributed by atoms with Crippen LogP contribution >= 0.6 is 0 Å². The zero-order valence-corrected chi connectivity index (χ0v) is 33.8. The first-order valence-electron chi connectivity index (χ1n) is 20.1. The van der Waals surface area contributed by atoms with Crippen LogP contribution in [0.4, 0.5) is 0 Å². The molecule has 0 saturated carbocycles. The number of nitrogens with zero attached hydrogens (tertiary/aromatic N) is 7. The number of hydrogen-bond acceptors (Lipinski definition) is 13. The molecule has 2 fully saturated rings. The number of rotatable bonds is 15. The van der Waals surface area contributed by atoms with Gasteiger partial charge in [-0.05, 0) is 79.9 Å². The van der Waals surface area contributed by atoms with E-state index >= 15 is 0 Å². The van der Waals surface area contributed by atoms with Crippen LogP contribution in [0.25, 0.3) is 21.9 Å². The lowest BCUT2D eigenvalue weighted by Crippen LogP contribution is -2.53. The summed E-state index contributed by atoms with van der Waals surface area (Å²) >= 11 is 0. The van der Waals surface area contributed by atoms with Gasteiger partial charge in [0.1, 0.15) is 29.0 Å². The van der Waals surface area contributed by atoms with E-state index in [0.29, 0.717) is 54.5 Å². The molecular formula is C43H48N8O9. The quantitative estimate of drug-likeness (QED) is 0.115. The van der Waals surface area contributed by atoms with E-state index < -0.39 is 24.1 Å². The van der Waals surface area contributed by atoms with Crippen molar-refractivity contribution >= 4 is 28.5 Å². The van der Waals surface area contributed by atoms with Crippen LogP contribution in [-0.4, -0.2) is 103 Å². The molecule has 3 aliphatic heterocycles. The van der Waals surface area contributed by atoms with Gasteiger partial charge in [0, 0.05) is 62.8 Å². The Hall–Kier alpha value is -6.17. The van der Waals surface area contributed by atoms with Gasteiger partial charge < -0.3 is 28.6 Å². The Balaban J connectivity index is 0.806. The highest BCUT2D eigenvalue weighted by Crippen LogP contribution is 2.39. The highest BCUT2D eigenvalue weighted by Gasteiger charge is 2.44. The number of fused-ring (bicyclic) bond motifs is 2. The Morgan fingerprint density at radius 3 is 2.55 bits per heavy atom. The number of aliphatic hydroxyl groups is 1. The largest absolute Gasteiger partial charge is 0.496 e. The predicted octanol–water partition coefficient (Wildman–Crippen LogP) is 3.50. The number of unbranched alkanes of at least 4 members (excludes halogenated alkanes) is 1. The van der Waals surface area contributed by atoms with E-state index in [1.807, 2.05) is 30.6 Å². The summed E-state index contributed by atoms with van der Waals surface area (Å²) < 4.78 is 27.5. The number of pyridine rings is 2. The maximum absolute atomic E-state index is 13.2. The third-order valence-electron chi connectivity index (χ3n) is 11.4. The average molecular weight is 821 g/mol. The van der Waals surface area contributed by atoms with Gasteiger partial charge in [-0.25, -0.2) is 0 Å². The Morgan fingerprint density at radius 2 is 1.77 bits per heavy atom. The molecule has 5 aromatic rings. The predicted molar refractivity (Wildman–Crippen MR) is 217 cm³/mol. The van der Waals surface area contributed by atoms with Crippen LogP contribution < -0.4 is 25.1 Å². The Morgan fingerprint density at radius 1 is 0.950 bits per heavy atom. The van der Waals surface area contributed by atoms with Crippen molar-refractivity contribution in [1.29, 1.82) is 0 Å². The molecule has 17 heteroatoms. The number of aliphatic hydroxyl groups excluding tert-OH is 1. The standard InChI is InChI=1S/C43H48N8O9/c1-48-23-34(30-12-13-44-20-33(30)41(48)54)26-17-37(57-2)35(38(18-26)58-3)24-49-14-6-7-29(22-49)60-25-27-21-50(47-46-27)15-4-5-16-59-28-8-9-31-32(19-28)43(56)51(42(31)55)36-10-11-39(52)45-40(36)53/h8-9,12-13,17-21,23,29,36,42,55H,4-7,10-11,14-16,22,24-25H2,1-3H3,(H,45,52,53). The summed E-state index contributed by atoms with van der Waals surface area (Å²) in [5, 5.41) is 23.0. The number of ether oxygens (including phenoxy) is 4. The zero-order chi connectivity index (χ0) is 41.9. The molecule has 3 aromatic heterocycles. The third-order valence-corrected chi connectivity index (χ3v) is 11.4. The highest BCUT2D eigenvalue weighted by atomic mass is 16.5. The topological polar surface area (TPSA) is 192 Å². The van der Waals surface area contributed by atoms with E-state index in [-0.39, 0.29) is 36.0 Å². The smallest absolute Gasteiger partial charge is 0.259 e. The monoisotopic (exact) mass is 820 g/mol. The van der Waals surface area contributed by atoms with Gasteiger partial charge in [0.2, 0.25) is 11.8 Å². The lowest BCUT2D eigenvalue weighted by molar-refractivity contribution is -0.139. The number of likely N-dealkylation sites (tertiary alicyclic amines) is 1. The number of nitrogens with one attached hydrogen (secondary N) is 1. The second kappa shape index (κ2) is 17.6. The number of aromatic nitrogens is 5. The Kier molecular flexibility index (Phi) is 11.9. The van der Waals surface area contributed by atoms with Gasteiger partial charge in [-0.15, -0.1) is 5.10 Å². The van der Waals surface area contributed by atoms with Crippen LogP contribution in [-0.2, 0) is 41.1 Å². The minimum absolute atomic E-state index is 0.0150. The fraction of sp³-hybridized carbons (Fsp3) is 0.419. The molecule has 0 bridgehead atoms. The first-order chi connectivity index (χ1) is 29.1. The Labute approximate surface area is 345 Å². The zero-order valence-electron chi connectivity index (χ0n) is 33.8. The van der Waals surface area contributed by atoms with Crippen molar-refractivity contribution in [3.63, 3.8) is 0 Å². The van der Waals surface area contributed by atoms with E-state index in [1.54, 1.807) is 61.1 Å². The number of carbonyl (C=O) groups is 3. The minimum Gasteiger partial charge on any atom is -0.496 e. The fourth-order valence-electron chi connectivity index (χ4n) is 8.33. The van der Waals surface area contributed by atoms with Crippen molar-refractivity contribution in [3.05, 3.63) is 93.9 Å². The van der Waals surface area contributed by atoms with Crippen LogP contribution in [0.3, 0.4) is 0 Å². The van der Waals surface area contributed by atoms with Crippen LogP contribution in [0.5, 0.6) is 17.2 Å². The lowest BCUT2D eigenvalue weighted by atomic mass is 9.98. The summed E-state index contributed by atoms with van der Waals surface area (Å²) in [5.74, 6) is 0.445. The summed E-state index contributed by atoms with van der Waals surface area (Å²) in [7, 11) is 5.05. The van der Waals surface area contributed by atoms with Gasteiger partial charge in [-0.1, -0.05) is 11.3 Å². The molecule has 8 rings (SSSR count). The molecule has 3 aliphatic rings. The van der Waals surface area contributed by atoms with E-state index in [1.165, 1.54) is 0 Å². The van der Waals surface area contributed by atoms with Gasteiger partial charge >= 0.3 is 0 Å². The van der Waals surface area contributed by atoms with E-state index in [2.05, 4.69) is 25.5 Å². The summed E-state index contributed by atoms with van der Waals surface area (Å²) in [6.07, 6.45) is 9.44. The number of carbonyl (C=O) groups excluding carboxylic acids is 3. The molecule has 0 spiro atoms. The summed E-state index contributed by atoms with van der Waals surface area (Å²) in [4.78, 5) is 57.6. The number of piperidine rings is 2. The second-order valence-electron chi connectivity index (χ2n) is 15.4. The number of methoxy groups -OCH3 is 2. The molecule has 0 aliphatic carbocycles. The molecule has 0 radical (unpaired) electrons. The van der Waals surface area contributed by atoms with Crippen molar-refractivity contribution < 1.29 is 38.4 Å². The summed E-state index contributed by atoms with van der Waals surface area (Å²) in [5.41, 5.74) is 4.02. The molecular weight excluding hydrogens is 773 g/mol. The second-order valence-corrected chi connectivity index (χ2v) is 15.4. The number of benzene rings is 2. The first-order valence-corrected chi connectivity index (χ1v) is 20.1. The molecule has 2 N–H and O–H groups in total. The SMILES string of the molecule is COc1cc(-c2cn(C)c(=O)c3cnccc23)cc(OC)c1CN1CCCC(OCc2cn(CCCCOc3ccc4c(c3)C(=O)N(C3CCC(=O)NC3=O)C4O)nn2)C1. The van der Waals surface area contributed by atoms with Crippen LogP contribution in [0.1, 0.15) is 71.9 Å². The number of aryl methyl sites for hydroxylation is 2. The average Bonchev–Trinajstić information content (AvgIpc) is 3.81. The van der Waals surface area contributed by atoms with E-state index in [0.717, 1.165) is 71.4 Å². The van der Waals surface area contributed by atoms with Gasteiger partial charge in [0.15, 0.2) is 6.23 Å². The normalized spacial score (nSPS) is 19.4. The van der Waals surface area contributed by atoms with Gasteiger partial charge in [0.05, 0.1) is 56.2 Å². The molecule has 3 amide bonds. The van der Waals surface area contributed by atoms with Gasteiger partial charge in [-0.3, -0.25) is 44.0 Å². The number of imide groups is 1. The van der Waals surface area contributed by atoms with Crippen molar-refractivity contribution in [2.24, 2.45) is 7.05 Å². The molecule has 3 atom stereocenters. The molecule has 2 aromatic carbocycles. The van der Waals surface area contributed by atoms with Gasteiger partial charge in [0.25, 0.3) is 11.5 Å². The van der Waals surface area contributed by atoms with Crippen molar-refractivity contribution in [2.45, 2.75) is 76.6 Å².